The third-order valence-electron chi connectivity index (χ3n) is 5.65. The van der Waals surface area contributed by atoms with Crippen molar-refractivity contribution in [1.82, 2.24) is 0 Å². The maximum Gasteiger partial charge on any atom is 0.203 e. The molecule has 36 heavy (non-hydrogen) atoms. The monoisotopic (exact) mass is 490 g/mol. The van der Waals surface area contributed by atoms with Crippen LogP contribution in [0.5, 0.6) is 28.7 Å². The number of hydrogen-bond acceptors (Lipinski definition) is 7. The topological polar surface area (TPSA) is 76.4 Å². The average molecular weight is 491 g/mol. The average Bonchev–Trinajstić information content (AvgIpc) is 3.28. The summed E-state index contributed by atoms with van der Waals surface area (Å²) in [6, 6.07) is 16.2. The van der Waals surface area contributed by atoms with Gasteiger partial charge in [-0.15, -0.1) is 0 Å². The number of ketones is 1. The molecule has 0 N–H and O–H groups in total. The number of ether oxygens (including phenoxy) is 5. The Morgan fingerprint density at radius 3 is 1.89 bits per heavy atom. The highest BCUT2D eigenvalue weighted by molar-refractivity contribution is 6.20. The number of benzene rings is 3. The van der Waals surface area contributed by atoms with Crippen molar-refractivity contribution in [3.8, 4) is 40.1 Å². The summed E-state index contributed by atoms with van der Waals surface area (Å²) in [7, 11) is 3.19. The first-order valence-electron chi connectivity index (χ1n) is 11.9. The van der Waals surface area contributed by atoms with E-state index in [0.717, 1.165) is 5.56 Å². The predicted octanol–water partition coefficient (Wildman–Crippen LogP) is 6.54. The Bertz CT molecular complexity index is 1330. The van der Waals surface area contributed by atoms with Crippen molar-refractivity contribution in [1.29, 1.82) is 0 Å². The molecule has 0 bridgehead atoms. The minimum absolute atomic E-state index is 0.227. The van der Waals surface area contributed by atoms with Crippen molar-refractivity contribution in [3.05, 3.63) is 65.7 Å². The van der Waals surface area contributed by atoms with Gasteiger partial charge < -0.3 is 28.1 Å². The summed E-state index contributed by atoms with van der Waals surface area (Å²) in [5.74, 6) is 2.96. The van der Waals surface area contributed by atoms with Gasteiger partial charge in [0.15, 0.2) is 17.3 Å². The zero-order valence-electron chi connectivity index (χ0n) is 21.2. The van der Waals surface area contributed by atoms with Crippen LogP contribution < -0.4 is 23.7 Å². The molecule has 188 valence electrons. The van der Waals surface area contributed by atoms with Gasteiger partial charge >= 0.3 is 0 Å². The molecule has 0 saturated heterocycles. The molecule has 0 aliphatic heterocycles. The minimum Gasteiger partial charge on any atom is -0.497 e. The molecule has 3 aromatic carbocycles. The summed E-state index contributed by atoms with van der Waals surface area (Å²) in [4.78, 5) is 14.1. The molecule has 0 unspecified atom stereocenters. The number of carbonyl (C=O) groups excluding carboxylic acids is 1. The Morgan fingerprint density at radius 2 is 1.33 bits per heavy atom. The molecule has 4 rings (SSSR count). The number of carbonyl (C=O) groups is 1. The van der Waals surface area contributed by atoms with Gasteiger partial charge in [-0.25, -0.2) is 0 Å². The van der Waals surface area contributed by atoms with Crippen LogP contribution in [0.15, 0.2) is 59.0 Å². The lowest BCUT2D eigenvalue weighted by molar-refractivity contribution is 0.103. The van der Waals surface area contributed by atoms with E-state index in [-0.39, 0.29) is 5.78 Å². The van der Waals surface area contributed by atoms with Gasteiger partial charge in [-0.2, -0.15) is 0 Å². The first kappa shape index (κ1) is 25.0. The summed E-state index contributed by atoms with van der Waals surface area (Å²) >= 11 is 0. The van der Waals surface area contributed by atoms with Gasteiger partial charge in [0.05, 0.1) is 39.6 Å². The fourth-order valence-electron chi connectivity index (χ4n) is 4.04. The van der Waals surface area contributed by atoms with Crippen LogP contribution in [0.25, 0.3) is 22.3 Å². The molecule has 7 nitrogen and oxygen atoms in total. The molecular weight excluding hydrogens is 460 g/mol. The summed E-state index contributed by atoms with van der Waals surface area (Å²) in [5.41, 5.74) is 2.13. The van der Waals surface area contributed by atoms with E-state index in [4.69, 9.17) is 28.1 Å². The highest BCUT2D eigenvalue weighted by atomic mass is 16.5. The lowest BCUT2D eigenvalue weighted by Crippen LogP contribution is -2.07. The van der Waals surface area contributed by atoms with Crippen LogP contribution in [-0.4, -0.2) is 39.8 Å². The standard InChI is InChI=1S/C29H30O7/c1-6-33-24-15-19(16-25(34-7-2)29(24)35-8-3)27(30)26-22-14-13-21(32-5)17-23(22)36-28(26)18-9-11-20(31-4)12-10-18/h9-17H,6-8H2,1-5H3. The van der Waals surface area contributed by atoms with Crippen molar-refractivity contribution in [2.75, 3.05) is 34.0 Å². The molecule has 4 aromatic rings. The molecule has 0 amide bonds. The maximum absolute atomic E-state index is 14.1. The minimum atomic E-state index is -0.227. The molecule has 7 heteroatoms. The third-order valence-corrected chi connectivity index (χ3v) is 5.65. The lowest BCUT2D eigenvalue weighted by atomic mass is 9.96. The van der Waals surface area contributed by atoms with Crippen molar-refractivity contribution in [2.24, 2.45) is 0 Å². The molecule has 1 aromatic heterocycles. The van der Waals surface area contributed by atoms with Crippen molar-refractivity contribution < 1.29 is 32.9 Å². The second-order valence-corrected chi connectivity index (χ2v) is 7.83. The fourth-order valence-corrected chi connectivity index (χ4v) is 4.04. The van der Waals surface area contributed by atoms with Crippen LogP contribution in [0, 0.1) is 0 Å². The third kappa shape index (κ3) is 4.82. The normalized spacial score (nSPS) is 10.8. The summed E-state index contributed by atoms with van der Waals surface area (Å²) < 4.78 is 34.4. The van der Waals surface area contributed by atoms with Crippen LogP contribution in [0.2, 0.25) is 0 Å². The van der Waals surface area contributed by atoms with Crippen LogP contribution in [0.3, 0.4) is 0 Å². The van der Waals surface area contributed by atoms with Crippen molar-refractivity contribution in [3.63, 3.8) is 0 Å². The van der Waals surface area contributed by atoms with E-state index in [1.54, 1.807) is 32.4 Å². The number of furan rings is 1. The van der Waals surface area contributed by atoms with E-state index in [1.165, 1.54) is 0 Å². The van der Waals surface area contributed by atoms with Gasteiger partial charge in [0.2, 0.25) is 5.75 Å². The second-order valence-electron chi connectivity index (χ2n) is 7.83. The fraction of sp³-hybridized carbons (Fsp3) is 0.276. The number of hydrogen-bond donors (Lipinski definition) is 0. The van der Waals surface area contributed by atoms with Crippen LogP contribution >= 0.6 is 0 Å². The molecule has 0 aliphatic carbocycles. The van der Waals surface area contributed by atoms with Gasteiger partial charge in [0.1, 0.15) is 22.8 Å². The lowest BCUT2D eigenvalue weighted by Gasteiger charge is -2.17. The molecule has 0 aliphatic rings. The molecule has 0 fully saturated rings. The number of fused-ring (bicyclic) bond motifs is 1. The van der Waals surface area contributed by atoms with Crippen LogP contribution in [0.4, 0.5) is 0 Å². The Kier molecular flexibility index (Phi) is 7.68. The summed E-state index contributed by atoms with van der Waals surface area (Å²) in [6.45, 7) is 6.90. The number of rotatable bonds is 11. The molecule has 0 radical (unpaired) electrons. The van der Waals surface area contributed by atoms with Gasteiger partial charge in [0.25, 0.3) is 0 Å². The Balaban J connectivity index is 1.92. The molecular formula is C29H30O7. The van der Waals surface area contributed by atoms with E-state index in [2.05, 4.69) is 0 Å². The first-order valence-corrected chi connectivity index (χ1v) is 11.9. The highest BCUT2D eigenvalue weighted by Gasteiger charge is 2.26. The van der Waals surface area contributed by atoms with Gasteiger partial charge in [0, 0.05) is 22.6 Å². The van der Waals surface area contributed by atoms with Gasteiger partial charge in [-0.05, 0) is 69.3 Å². The largest absolute Gasteiger partial charge is 0.497 e. The van der Waals surface area contributed by atoms with Crippen LogP contribution in [-0.2, 0) is 0 Å². The van der Waals surface area contributed by atoms with E-state index in [9.17, 15) is 4.79 Å². The quantitative estimate of drug-likeness (QED) is 0.221. The molecule has 0 atom stereocenters. The molecule has 0 spiro atoms. The summed E-state index contributed by atoms with van der Waals surface area (Å²) in [5, 5.41) is 0.677. The van der Waals surface area contributed by atoms with Crippen molar-refractivity contribution in [2.45, 2.75) is 20.8 Å². The van der Waals surface area contributed by atoms with E-state index >= 15 is 0 Å². The number of methoxy groups -OCH3 is 2. The van der Waals surface area contributed by atoms with Gasteiger partial charge in [-0.1, -0.05) is 0 Å². The zero-order valence-corrected chi connectivity index (χ0v) is 21.2. The van der Waals surface area contributed by atoms with Gasteiger partial charge in [-0.3, -0.25) is 4.79 Å². The highest BCUT2D eigenvalue weighted by Crippen LogP contribution is 2.42. The SMILES string of the molecule is CCOc1cc(C(=O)c2c(-c3ccc(OC)cc3)oc3cc(OC)ccc23)cc(OCC)c1OCC. The first-order chi connectivity index (χ1) is 17.5. The Labute approximate surface area is 210 Å². The van der Waals surface area contributed by atoms with Crippen molar-refractivity contribution >= 4 is 16.8 Å². The molecule has 0 saturated carbocycles. The van der Waals surface area contributed by atoms with E-state index < -0.39 is 0 Å². The second kappa shape index (κ2) is 11.1. The summed E-state index contributed by atoms with van der Waals surface area (Å²) in [6.07, 6.45) is 0. The zero-order chi connectivity index (χ0) is 25.7. The maximum atomic E-state index is 14.1. The predicted molar refractivity (Wildman–Crippen MR) is 138 cm³/mol. The van der Waals surface area contributed by atoms with Crippen LogP contribution in [0.1, 0.15) is 36.7 Å². The van der Waals surface area contributed by atoms with E-state index in [1.807, 2.05) is 57.2 Å². The molecule has 1 heterocycles. The Hall–Kier alpha value is -4.13. The Morgan fingerprint density at radius 1 is 0.750 bits per heavy atom. The smallest absolute Gasteiger partial charge is 0.203 e. The van der Waals surface area contributed by atoms with E-state index in [0.29, 0.717) is 76.4 Å².